The Hall–Kier alpha value is -1.07. The molecule has 0 fully saturated rings. The number of aromatic nitrogens is 1. The number of benzene rings is 1. The van der Waals surface area contributed by atoms with Crippen LogP contribution in [0.15, 0.2) is 21.0 Å². The van der Waals surface area contributed by atoms with Crippen molar-refractivity contribution >= 4 is 32.7 Å². The van der Waals surface area contributed by atoms with Gasteiger partial charge >= 0.3 is 0 Å². The fourth-order valence-corrected chi connectivity index (χ4v) is 1.94. The van der Waals surface area contributed by atoms with Gasteiger partial charge < -0.3 is 14.9 Å². The number of nitrogens with two attached hydrogens (primary N) is 1. The highest BCUT2D eigenvalue weighted by atomic mass is 79.9. The third-order valence-corrected chi connectivity index (χ3v) is 2.65. The number of hydrogen-bond donors (Lipinski definition) is 1. The number of oxazole rings is 1. The molecule has 5 heteroatoms. The first-order chi connectivity index (χ1) is 7.70. The summed E-state index contributed by atoms with van der Waals surface area (Å²) in [6.45, 7) is 3.28. The van der Waals surface area contributed by atoms with Gasteiger partial charge in [-0.25, -0.2) is 4.98 Å². The summed E-state index contributed by atoms with van der Waals surface area (Å²) < 4.78 is 11.7. The fraction of sp³-hybridized carbons (Fsp3) is 0.364. The molecule has 0 saturated carbocycles. The van der Waals surface area contributed by atoms with Crippen LogP contribution in [0.3, 0.4) is 0 Å². The number of fused-ring (bicyclic) bond motifs is 1. The Morgan fingerprint density at radius 3 is 3.06 bits per heavy atom. The van der Waals surface area contributed by atoms with Crippen LogP contribution >= 0.6 is 15.9 Å². The topological polar surface area (TPSA) is 61.3 Å². The van der Waals surface area contributed by atoms with E-state index in [0.29, 0.717) is 36.8 Å². The van der Waals surface area contributed by atoms with E-state index in [9.17, 15) is 0 Å². The molecule has 0 unspecified atom stereocenters. The summed E-state index contributed by atoms with van der Waals surface area (Å²) in [5.74, 6) is 0.660. The Bertz CT molecular complexity index is 496. The van der Waals surface area contributed by atoms with Crippen LogP contribution in [0.25, 0.3) is 11.1 Å². The van der Waals surface area contributed by atoms with E-state index in [1.54, 1.807) is 6.07 Å². The van der Waals surface area contributed by atoms with Gasteiger partial charge in [0.2, 0.25) is 0 Å². The fourth-order valence-electron chi connectivity index (χ4n) is 1.48. The largest absolute Gasteiger partial charge is 0.438 e. The summed E-state index contributed by atoms with van der Waals surface area (Å²) in [7, 11) is 0. The van der Waals surface area contributed by atoms with Gasteiger partial charge in [-0.15, -0.1) is 0 Å². The second-order valence-corrected chi connectivity index (χ2v) is 4.31. The third kappa shape index (κ3) is 2.36. The SMILES string of the molecule is CCOCCc1nc2cc(Br)cc(N)c2o1. The summed E-state index contributed by atoms with van der Waals surface area (Å²) in [4.78, 5) is 4.35. The smallest absolute Gasteiger partial charge is 0.197 e. The molecular weight excluding hydrogens is 272 g/mol. The zero-order valence-electron chi connectivity index (χ0n) is 9.00. The van der Waals surface area contributed by atoms with Gasteiger partial charge in [0.05, 0.1) is 12.3 Å². The molecule has 0 amide bonds. The lowest BCUT2D eigenvalue weighted by Crippen LogP contribution is -1.97. The van der Waals surface area contributed by atoms with Gasteiger partial charge in [-0.2, -0.15) is 0 Å². The van der Waals surface area contributed by atoms with E-state index in [1.165, 1.54) is 0 Å². The Labute approximate surface area is 102 Å². The second-order valence-electron chi connectivity index (χ2n) is 3.40. The van der Waals surface area contributed by atoms with Crippen molar-refractivity contribution in [3.05, 3.63) is 22.5 Å². The molecule has 0 bridgehead atoms. The number of rotatable bonds is 4. The first kappa shape index (κ1) is 11.4. The predicted octanol–water partition coefficient (Wildman–Crippen LogP) is 2.75. The van der Waals surface area contributed by atoms with E-state index in [-0.39, 0.29) is 0 Å². The van der Waals surface area contributed by atoms with Crippen LogP contribution in [0.1, 0.15) is 12.8 Å². The minimum Gasteiger partial charge on any atom is -0.438 e. The molecule has 0 saturated heterocycles. The van der Waals surface area contributed by atoms with Crippen molar-refractivity contribution in [3.63, 3.8) is 0 Å². The van der Waals surface area contributed by atoms with E-state index < -0.39 is 0 Å². The number of nitrogen functional groups attached to an aromatic ring is 1. The van der Waals surface area contributed by atoms with Gasteiger partial charge in [-0.05, 0) is 19.1 Å². The molecule has 0 aliphatic rings. The maximum absolute atomic E-state index is 5.83. The van der Waals surface area contributed by atoms with Crippen LogP contribution in [0.5, 0.6) is 0 Å². The molecular formula is C11H13BrN2O2. The minimum atomic E-state index is 0.597. The highest BCUT2D eigenvalue weighted by molar-refractivity contribution is 9.10. The summed E-state index contributed by atoms with van der Waals surface area (Å²) in [5, 5.41) is 0. The molecule has 4 nitrogen and oxygen atoms in total. The van der Waals surface area contributed by atoms with Crippen molar-refractivity contribution in [2.75, 3.05) is 18.9 Å². The van der Waals surface area contributed by atoms with Crippen LogP contribution in [0, 0.1) is 0 Å². The van der Waals surface area contributed by atoms with Crippen molar-refractivity contribution < 1.29 is 9.15 Å². The molecule has 1 aromatic heterocycles. The zero-order valence-corrected chi connectivity index (χ0v) is 10.6. The average molecular weight is 285 g/mol. The highest BCUT2D eigenvalue weighted by Crippen LogP contribution is 2.26. The van der Waals surface area contributed by atoms with Crippen LogP contribution in [0.4, 0.5) is 5.69 Å². The molecule has 2 N–H and O–H groups in total. The molecule has 0 aliphatic carbocycles. The molecule has 2 aromatic rings. The lowest BCUT2D eigenvalue weighted by Gasteiger charge is -1.96. The summed E-state index contributed by atoms with van der Waals surface area (Å²) in [5.41, 5.74) is 7.85. The monoisotopic (exact) mass is 284 g/mol. The maximum atomic E-state index is 5.83. The zero-order chi connectivity index (χ0) is 11.5. The third-order valence-electron chi connectivity index (χ3n) is 2.19. The van der Waals surface area contributed by atoms with Crippen molar-refractivity contribution in [2.45, 2.75) is 13.3 Å². The summed E-state index contributed by atoms with van der Waals surface area (Å²) in [6, 6.07) is 3.69. The predicted molar refractivity (Wildman–Crippen MR) is 66.3 cm³/mol. The maximum Gasteiger partial charge on any atom is 0.197 e. The molecule has 0 radical (unpaired) electrons. The van der Waals surface area contributed by atoms with Gasteiger partial charge in [0.15, 0.2) is 11.5 Å². The van der Waals surface area contributed by atoms with E-state index in [4.69, 9.17) is 14.9 Å². The van der Waals surface area contributed by atoms with Crippen LogP contribution < -0.4 is 5.73 Å². The standard InChI is InChI=1S/C11H13BrN2O2/c1-2-15-4-3-10-14-9-6-7(12)5-8(13)11(9)16-10/h5-6H,2-4,13H2,1H3. The second kappa shape index (κ2) is 4.84. The van der Waals surface area contributed by atoms with Gasteiger partial charge in [0.25, 0.3) is 0 Å². The van der Waals surface area contributed by atoms with Gasteiger partial charge in [-0.3, -0.25) is 0 Å². The van der Waals surface area contributed by atoms with Gasteiger partial charge in [0, 0.05) is 17.5 Å². The molecule has 1 heterocycles. The average Bonchev–Trinajstić information content (AvgIpc) is 2.61. The minimum absolute atomic E-state index is 0.597. The van der Waals surface area contributed by atoms with Crippen molar-refractivity contribution in [1.82, 2.24) is 4.98 Å². The van der Waals surface area contributed by atoms with Gasteiger partial charge in [-0.1, -0.05) is 15.9 Å². The Morgan fingerprint density at radius 1 is 1.50 bits per heavy atom. The van der Waals surface area contributed by atoms with E-state index in [1.807, 2.05) is 13.0 Å². The Morgan fingerprint density at radius 2 is 2.31 bits per heavy atom. The van der Waals surface area contributed by atoms with E-state index in [0.717, 1.165) is 9.99 Å². The number of ether oxygens (including phenoxy) is 1. The Kier molecular flexibility index (Phi) is 3.46. The molecule has 0 spiro atoms. The lowest BCUT2D eigenvalue weighted by molar-refractivity contribution is 0.146. The summed E-state index contributed by atoms with van der Waals surface area (Å²) >= 11 is 3.37. The molecule has 86 valence electrons. The molecule has 2 rings (SSSR count). The Balaban J connectivity index is 2.26. The molecule has 0 atom stereocenters. The highest BCUT2D eigenvalue weighted by Gasteiger charge is 2.09. The quantitative estimate of drug-likeness (QED) is 0.693. The van der Waals surface area contributed by atoms with E-state index >= 15 is 0 Å². The van der Waals surface area contributed by atoms with Crippen LogP contribution in [0.2, 0.25) is 0 Å². The first-order valence-electron chi connectivity index (χ1n) is 5.13. The summed E-state index contributed by atoms with van der Waals surface area (Å²) in [6.07, 6.45) is 0.666. The molecule has 1 aromatic carbocycles. The first-order valence-corrected chi connectivity index (χ1v) is 5.92. The van der Waals surface area contributed by atoms with Crippen molar-refractivity contribution in [2.24, 2.45) is 0 Å². The van der Waals surface area contributed by atoms with Crippen molar-refractivity contribution in [1.29, 1.82) is 0 Å². The van der Waals surface area contributed by atoms with Crippen LogP contribution in [-0.2, 0) is 11.2 Å². The van der Waals surface area contributed by atoms with E-state index in [2.05, 4.69) is 20.9 Å². The number of hydrogen-bond acceptors (Lipinski definition) is 4. The number of halogens is 1. The lowest BCUT2D eigenvalue weighted by atomic mass is 10.3. The normalized spacial score (nSPS) is 11.1. The molecule has 0 aliphatic heterocycles. The van der Waals surface area contributed by atoms with Crippen LogP contribution in [-0.4, -0.2) is 18.2 Å². The van der Waals surface area contributed by atoms with Crippen molar-refractivity contribution in [3.8, 4) is 0 Å². The number of anilines is 1. The van der Waals surface area contributed by atoms with Gasteiger partial charge in [0.1, 0.15) is 5.52 Å². The number of nitrogens with zero attached hydrogens (tertiary/aromatic N) is 1. The molecule has 16 heavy (non-hydrogen) atoms.